The van der Waals surface area contributed by atoms with Crippen molar-refractivity contribution in [3.8, 4) is 0 Å². The summed E-state index contributed by atoms with van der Waals surface area (Å²) in [6.07, 6.45) is 3.17. The van der Waals surface area contributed by atoms with E-state index in [1.165, 1.54) is 24.4 Å². The normalized spacial score (nSPS) is 10.1. The van der Waals surface area contributed by atoms with Crippen LogP contribution in [0.5, 0.6) is 0 Å². The SMILES string of the molecule is O=C([O-])c1ccc[n+](Cc2ccc([N+](=O)[O-])cc2)c1. The fraction of sp³-hybridized carbons (Fsp3) is 0.0769. The maximum absolute atomic E-state index is 10.7. The number of aromatic nitrogens is 1. The summed E-state index contributed by atoms with van der Waals surface area (Å²) < 4.78 is 1.67. The first kappa shape index (κ1) is 12.7. The highest BCUT2D eigenvalue weighted by atomic mass is 16.6. The third-order valence-electron chi connectivity index (χ3n) is 2.61. The summed E-state index contributed by atoms with van der Waals surface area (Å²) in [6.45, 7) is 0.430. The van der Waals surface area contributed by atoms with Gasteiger partial charge in [0.25, 0.3) is 5.69 Å². The monoisotopic (exact) mass is 258 g/mol. The molecule has 0 atom stereocenters. The Labute approximate surface area is 108 Å². The number of pyridine rings is 1. The Morgan fingerprint density at radius 1 is 1.21 bits per heavy atom. The van der Waals surface area contributed by atoms with Crippen LogP contribution in [0.25, 0.3) is 0 Å². The van der Waals surface area contributed by atoms with Crippen LogP contribution in [0.1, 0.15) is 15.9 Å². The van der Waals surface area contributed by atoms with Gasteiger partial charge in [-0.3, -0.25) is 10.1 Å². The van der Waals surface area contributed by atoms with Gasteiger partial charge in [-0.05, 0) is 18.2 Å². The standard InChI is InChI=1S/C13H10N2O4/c16-13(17)11-2-1-7-14(9-11)8-10-3-5-12(6-4-10)15(18)19/h1-7,9H,8H2. The van der Waals surface area contributed by atoms with Crippen molar-refractivity contribution in [1.29, 1.82) is 0 Å². The van der Waals surface area contributed by atoms with Crippen LogP contribution in [0.4, 0.5) is 5.69 Å². The summed E-state index contributed by atoms with van der Waals surface area (Å²) in [6, 6.07) is 9.16. The van der Waals surface area contributed by atoms with Crippen LogP contribution in [-0.4, -0.2) is 10.9 Å². The van der Waals surface area contributed by atoms with Gasteiger partial charge in [0.15, 0.2) is 18.9 Å². The summed E-state index contributed by atoms with van der Waals surface area (Å²) >= 11 is 0. The van der Waals surface area contributed by atoms with E-state index in [2.05, 4.69) is 0 Å². The predicted molar refractivity (Wildman–Crippen MR) is 63.2 cm³/mol. The summed E-state index contributed by atoms with van der Waals surface area (Å²) in [5.41, 5.74) is 0.952. The highest BCUT2D eigenvalue weighted by Crippen LogP contribution is 2.11. The second kappa shape index (κ2) is 5.26. The van der Waals surface area contributed by atoms with Gasteiger partial charge in [0.05, 0.1) is 16.5 Å². The molecular formula is C13H10N2O4. The van der Waals surface area contributed by atoms with Crippen molar-refractivity contribution in [1.82, 2.24) is 0 Å². The number of nitro benzene ring substituents is 1. The zero-order chi connectivity index (χ0) is 13.8. The average Bonchev–Trinajstić information content (AvgIpc) is 2.39. The fourth-order valence-corrected chi connectivity index (χ4v) is 1.67. The molecule has 19 heavy (non-hydrogen) atoms. The number of benzene rings is 1. The van der Waals surface area contributed by atoms with Crippen LogP contribution < -0.4 is 9.67 Å². The fourth-order valence-electron chi connectivity index (χ4n) is 1.67. The number of carbonyl (C=O) groups is 1. The van der Waals surface area contributed by atoms with E-state index in [-0.39, 0.29) is 11.3 Å². The second-order valence-electron chi connectivity index (χ2n) is 3.98. The first-order valence-corrected chi connectivity index (χ1v) is 5.50. The van der Waals surface area contributed by atoms with Crippen molar-refractivity contribution in [2.24, 2.45) is 0 Å². The van der Waals surface area contributed by atoms with Gasteiger partial charge in [-0.25, -0.2) is 4.57 Å². The lowest BCUT2D eigenvalue weighted by Gasteiger charge is -2.01. The Bertz CT molecular complexity index is 623. The molecule has 0 fully saturated rings. The molecule has 0 spiro atoms. The minimum atomic E-state index is -1.24. The molecule has 0 aliphatic heterocycles. The van der Waals surface area contributed by atoms with E-state index in [1.807, 2.05) is 0 Å². The highest BCUT2D eigenvalue weighted by molar-refractivity contribution is 5.84. The summed E-state index contributed by atoms with van der Waals surface area (Å²) in [5, 5.41) is 21.2. The molecule has 96 valence electrons. The molecular weight excluding hydrogens is 248 g/mol. The van der Waals surface area contributed by atoms with E-state index in [1.54, 1.807) is 29.0 Å². The van der Waals surface area contributed by atoms with E-state index >= 15 is 0 Å². The summed E-state index contributed by atoms with van der Waals surface area (Å²) in [4.78, 5) is 20.8. The molecule has 0 bridgehead atoms. The summed E-state index contributed by atoms with van der Waals surface area (Å²) in [5.74, 6) is -1.24. The number of nitro groups is 1. The smallest absolute Gasteiger partial charge is 0.269 e. The van der Waals surface area contributed by atoms with Crippen molar-refractivity contribution in [2.75, 3.05) is 0 Å². The third-order valence-corrected chi connectivity index (χ3v) is 2.61. The first-order valence-electron chi connectivity index (χ1n) is 5.50. The van der Waals surface area contributed by atoms with Gasteiger partial charge >= 0.3 is 0 Å². The number of hydrogen-bond donors (Lipinski definition) is 0. The maximum Gasteiger partial charge on any atom is 0.269 e. The molecule has 1 aromatic heterocycles. The molecule has 6 heteroatoms. The van der Waals surface area contributed by atoms with Crippen LogP contribution in [0.3, 0.4) is 0 Å². The van der Waals surface area contributed by atoms with Gasteiger partial charge in [-0.1, -0.05) is 0 Å². The van der Waals surface area contributed by atoms with Crippen LogP contribution in [-0.2, 0) is 6.54 Å². The topological polar surface area (TPSA) is 87.2 Å². The maximum atomic E-state index is 10.7. The lowest BCUT2D eigenvalue weighted by molar-refractivity contribution is -0.688. The summed E-state index contributed by atoms with van der Waals surface area (Å²) in [7, 11) is 0. The number of aromatic carboxylic acids is 1. The van der Waals surface area contributed by atoms with E-state index in [0.717, 1.165) is 5.56 Å². The molecule has 0 radical (unpaired) electrons. The number of carboxylic acids is 1. The van der Waals surface area contributed by atoms with Crippen LogP contribution in [0.2, 0.25) is 0 Å². The van der Waals surface area contributed by atoms with Gasteiger partial charge in [-0.2, -0.15) is 0 Å². The first-order chi connectivity index (χ1) is 9.06. The minimum absolute atomic E-state index is 0.0252. The quantitative estimate of drug-likeness (QED) is 0.448. The van der Waals surface area contributed by atoms with E-state index < -0.39 is 10.9 Å². The predicted octanol–water partition coefficient (Wildman–Crippen LogP) is 0.294. The number of non-ortho nitro benzene ring substituents is 1. The lowest BCUT2D eigenvalue weighted by Crippen LogP contribution is -2.36. The van der Waals surface area contributed by atoms with Crippen molar-refractivity contribution >= 4 is 11.7 Å². The molecule has 0 saturated heterocycles. The van der Waals surface area contributed by atoms with E-state index in [9.17, 15) is 20.0 Å². The van der Waals surface area contributed by atoms with Gasteiger partial charge in [0, 0.05) is 23.8 Å². The number of nitrogens with zero attached hydrogens (tertiary/aromatic N) is 2. The second-order valence-corrected chi connectivity index (χ2v) is 3.98. The zero-order valence-corrected chi connectivity index (χ0v) is 9.85. The Hall–Kier alpha value is -2.76. The lowest BCUT2D eigenvalue weighted by atomic mass is 10.2. The molecule has 2 rings (SSSR count). The molecule has 0 unspecified atom stereocenters. The van der Waals surface area contributed by atoms with Gasteiger partial charge < -0.3 is 9.90 Å². The number of carboxylic acid groups (broad SMARTS) is 1. The van der Waals surface area contributed by atoms with Crippen LogP contribution in [0, 0.1) is 10.1 Å². The van der Waals surface area contributed by atoms with E-state index in [0.29, 0.717) is 6.54 Å². The van der Waals surface area contributed by atoms with Gasteiger partial charge in [0.2, 0.25) is 0 Å². The van der Waals surface area contributed by atoms with Crippen LogP contribution in [0.15, 0.2) is 48.8 Å². The molecule has 0 N–H and O–H groups in total. The van der Waals surface area contributed by atoms with Gasteiger partial charge in [0.1, 0.15) is 0 Å². The average molecular weight is 258 g/mol. The van der Waals surface area contributed by atoms with E-state index in [4.69, 9.17) is 0 Å². The van der Waals surface area contributed by atoms with Crippen molar-refractivity contribution < 1.29 is 19.4 Å². The molecule has 1 heterocycles. The largest absolute Gasteiger partial charge is 0.545 e. The molecule has 2 aromatic rings. The Kier molecular flexibility index (Phi) is 3.51. The number of hydrogen-bond acceptors (Lipinski definition) is 4. The molecule has 0 saturated carbocycles. The Morgan fingerprint density at radius 2 is 1.89 bits per heavy atom. The molecule has 0 aliphatic carbocycles. The number of rotatable bonds is 4. The molecule has 0 amide bonds. The highest BCUT2D eigenvalue weighted by Gasteiger charge is 2.08. The molecule has 0 aliphatic rings. The third kappa shape index (κ3) is 3.12. The van der Waals surface area contributed by atoms with Gasteiger partial charge in [-0.15, -0.1) is 0 Å². The minimum Gasteiger partial charge on any atom is -0.545 e. The zero-order valence-electron chi connectivity index (χ0n) is 9.85. The Balaban J connectivity index is 2.19. The van der Waals surface area contributed by atoms with Crippen LogP contribution >= 0.6 is 0 Å². The molecule has 6 nitrogen and oxygen atoms in total. The Morgan fingerprint density at radius 3 is 2.47 bits per heavy atom. The van der Waals surface area contributed by atoms with Crippen molar-refractivity contribution in [3.05, 3.63) is 70.0 Å². The number of carbonyl (C=O) groups excluding carboxylic acids is 1. The van der Waals surface area contributed by atoms with Crippen molar-refractivity contribution in [2.45, 2.75) is 6.54 Å². The molecule has 1 aromatic carbocycles. The van der Waals surface area contributed by atoms with Crippen molar-refractivity contribution in [3.63, 3.8) is 0 Å².